The van der Waals surface area contributed by atoms with Crippen molar-refractivity contribution in [1.82, 2.24) is 5.43 Å². The molecule has 0 aliphatic heterocycles. The lowest BCUT2D eigenvalue weighted by Gasteiger charge is -2.05. The molecule has 0 saturated carbocycles. The van der Waals surface area contributed by atoms with Gasteiger partial charge in [0.15, 0.2) is 0 Å². The van der Waals surface area contributed by atoms with Crippen molar-refractivity contribution in [1.29, 1.82) is 0 Å². The molecule has 0 aromatic heterocycles. The minimum Gasteiger partial charge on any atom is -0.423 e. The summed E-state index contributed by atoms with van der Waals surface area (Å²) < 4.78 is 5.91. The normalized spacial score (nSPS) is 10.6. The van der Waals surface area contributed by atoms with Crippen LogP contribution >= 0.6 is 15.9 Å². The third kappa shape index (κ3) is 5.36. The summed E-state index contributed by atoms with van der Waals surface area (Å²) in [5.41, 5.74) is 3.66. The van der Waals surface area contributed by atoms with E-state index in [4.69, 9.17) is 4.74 Å². The van der Waals surface area contributed by atoms with E-state index in [2.05, 4.69) is 26.5 Å². The van der Waals surface area contributed by atoms with E-state index in [9.17, 15) is 19.7 Å². The number of rotatable bonds is 6. The maximum Gasteiger partial charge on any atom is 0.343 e. The number of hydrazone groups is 1. The Labute approximate surface area is 179 Å². The predicted molar refractivity (Wildman–Crippen MR) is 114 cm³/mol. The number of benzene rings is 3. The third-order valence-electron chi connectivity index (χ3n) is 3.90. The van der Waals surface area contributed by atoms with Crippen LogP contribution in [-0.2, 0) is 0 Å². The van der Waals surface area contributed by atoms with Crippen molar-refractivity contribution in [3.05, 3.63) is 104 Å². The first-order chi connectivity index (χ1) is 14.4. The number of nitro groups is 1. The molecular weight excluding hydrogens is 454 g/mol. The summed E-state index contributed by atoms with van der Waals surface area (Å²) in [6, 6.07) is 18.6. The van der Waals surface area contributed by atoms with E-state index in [1.165, 1.54) is 30.5 Å². The lowest BCUT2D eigenvalue weighted by molar-refractivity contribution is -0.384. The van der Waals surface area contributed by atoms with Crippen molar-refractivity contribution in [3.63, 3.8) is 0 Å². The number of carbonyl (C=O) groups is 2. The molecule has 0 saturated heterocycles. The zero-order valence-electron chi connectivity index (χ0n) is 15.3. The van der Waals surface area contributed by atoms with E-state index in [-0.39, 0.29) is 17.2 Å². The molecular formula is C21H14BrN3O5. The molecule has 1 amide bonds. The van der Waals surface area contributed by atoms with E-state index >= 15 is 0 Å². The van der Waals surface area contributed by atoms with Crippen LogP contribution in [0.2, 0.25) is 0 Å². The van der Waals surface area contributed by atoms with Gasteiger partial charge < -0.3 is 4.74 Å². The van der Waals surface area contributed by atoms with E-state index in [0.29, 0.717) is 21.3 Å². The van der Waals surface area contributed by atoms with Gasteiger partial charge in [-0.1, -0.05) is 12.1 Å². The second kappa shape index (κ2) is 9.57. The first kappa shape index (κ1) is 20.9. The minimum absolute atomic E-state index is 0.109. The Balaban J connectivity index is 1.57. The van der Waals surface area contributed by atoms with Gasteiger partial charge in [-0.25, -0.2) is 10.2 Å². The Kier molecular flexibility index (Phi) is 6.66. The number of nitro benzene ring substituents is 1. The molecule has 150 valence electrons. The Morgan fingerprint density at radius 2 is 1.67 bits per heavy atom. The molecule has 0 aliphatic rings. The molecule has 0 fully saturated rings. The van der Waals surface area contributed by atoms with Gasteiger partial charge in [-0.3, -0.25) is 14.9 Å². The van der Waals surface area contributed by atoms with E-state index in [1.807, 2.05) is 0 Å². The van der Waals surface area contributed by atoms with Gasteiger partial charge in [-0.05, 0) is 70.0 Å². The first-order valence-electron chi connectivity index (χ1n) is 8.58. The monoisotopic (exact) mass is 467 g/mol. The number of esters is 1. The number of non-ortho nitro benzene ring substituents is 1. The number of carbonyl (C=O) groups excluding carboxylic acids is 2. The number of amides is 1. The van der Waals surface area contributed by atoms with Crippen LogP contribution in [0.4, 0.5) is 5.69 Å². The average molecular weight is 468 g/mol. The first-order valence-corrected chi connectivity index (χ1v) is 9.38. The van der Waals surface area contributed by atoms with Gasteiger partial charge in [0, 0.05) is 16.6 Å². The van der Waals surface area contributed by atoms with Crippen molar-refractivity contribution >= 4 is 39.7 Å². The summed E-state index contributed by atoms with van der Waals surface area (Å²) in [5, 5.41) is 14.6. The SMILES string of the molecule is O=C(Oc1ccc(C=NNC(=O)c2ccccc2Br)cc1)c1ccc([N+](=O)[O-])cc1. The highest BCUT2D eigenvalue weighted by Crippen LogP contribution is 2.17. The average Bonchev–Trinajstić information content (AvgIpc) is 2.75. The van der Waals surface area contributed by atoms with Crippen LogP contribution < -0.4 is 10.2 Å². The van der Waals surface area contributed by atoms with Crippen molar-refractivity contribution in [2.24, 2.45) is 5.10 Å². The molecule has 9 heteroatoms. The third-order valence-corrected chi connectivity index (χ3v) is 4.59. The number of nitrogens with zero attached hydrogens (tertiary/aromatic N) is 2. The van der Waals surface area contributed by atoms with Crippen LogP contribution in [0.25, 0.3) is 0 Å². The highest BCUT2D eigenvalue weighted by atomic mass is 79.9. The van der Waals surface area contributed by atoms with Crippen molar-refractivity contribution in [3.8, 4) is 5.75 Å². The molecule has 0 bridgehead atoms. The summed E-state index contributed by atoms with van der Waals surface area (Å²) in [4.78, 5) is 34.3. The topological polar surface area (TPSA) is 111 Å². The molecule has 1 N–H and O–H groups in total. The standard InChI is InChI=1S/C21H14BrN3O5/c22-19-4-2-1-3-18(19)20(26)24-23-13-14-5-11-17(12-6-14)30-21(27)15-7-9-16(10-8-15)25(28)29/h1-13H,(H,24,26). The highest BCUT2D eigenvalue weighted by Gasteiger charge is 2.11. The summed E-state index contributed by atoms with van der Waals surface area (Å²) in [6.07, 6.45) is 1.46. The molecule has 0 heterocycles. The van der Waals surface area contributed by atoms with Gasteiger partial charge in [0.25, 0.3) is 11.6 Å². The number of nitrogens with one attached hydrogen (secondary N) is 1. The van der Waals surface area contributed by atoms with E-state index in [0.717, 1.165) is 0 Å². The van der Waals surface area contributed by atoms with Crippen molar-refractivity contribution < 1.29 is 19.2 Å². The lowest BCUT2D eigenvalue weighted by atomic mass is 10.2. The largest absolute Gasteiger partial charge is 0.423 e. The van der Waals surface area contributed by atoms with Gasteiger partial charge in [0.1, 0.15) is 5.75 Å². The van der Waals surface area contributed by atoms with Crippen LogP contribution in [-0.4, -0.2) is 23.0 Å². The number of hydrogen-bond donors (Lipinski definition) is 1. The molecule has 0 atom stereocenters. The Bertz CT molecular complexity index is 1110. The maximum absolute atomic E-state index is 12.1. The smallest absolute Gasteiger partial charge is 0.343 e. The fourth-order valence-electron chi connectivity index (χ4n) is 2.38. The molecule has 0 unspecified atom stereocenters. The second-order valence-corrected chi connectivity index (χ2v) is 6.80. The van der Waals surface area contributed by atoms with Crippen LogP contribution in [0.3, 0.4) is 0 Å². The summed E-state index contributed by atoms with van der Waals surface area (Å²) in [6.45, 7) is 0. The predicted octanol–water partition coefficient (Wildman–Crippen LogP) is 4.34. The number of halogens is 1. The van der Waals surface area contributed by atoms with Crippen molar-refractivity contribution in [2.45, 2.75) is 0 Å². The Morgan fingerprint density at radius 3 is 2.30 bits per heavy atom. The van der Waals surface area contributed by atoms with Crippen molar-refractivity contribution in [2.75, 3.05) is 0 Å². The van der Waals surface area contributed by atoms with Gasteiger partial charge in [0.2, 0.25) is 0 Å². The zero-order valence-corrected chi connectivity index (χ0v) is 16.9. The number of hydrogen-bond acceptors (Lipinski definition) is 6. The van der Waals surface area contributed by atoms with E-state index < -0.39 is 10.9 Å². The maximum atomic E-state index is 12.1. The van der Waals surface area contributed by atoms with Gasteiger partial charge in [-0.15, -0.1) is 0 Å². The van der Waals surface area contributed by atoms with Gasteiger partial charge in [-0.2, -0.15) is 5.10 Å². The quantitative estimate of drug-likeness (QED) is 0.190. The van der Waals surface area contributed by atoms with Gasteiger partial charge in [0.05, 0.1) is 22.3 Å². The molecule has 0 aliphatic carbocycles. The summed E-state index contributed by atoms with van der Waals surface area (Å²) in [7, 11) is 0. The van der Waals surface area contributed by atoms with Crippen LogP contribution in [0.5, 0.6) is 5.75 Å². The fraction of sp³-hybridized carbons (Fsp3) is 0. The minimum atomic E-state index is -0.632. The number of ether oxygens (including phenoxy) is 1. The fourth-order valence-corrected chi connectivity index (χ4v) is 2.84. The molecule has 0 radical (unpaired) electrons. The summed E-state index contributed by atoms with van der Waals surface area (Å²) in [5.74, 6) is -0.688. The molecule has 3 rings (SSSR count). The Hall–Kier alpha value is -3.85. The molecule has 8 nitrogen and oxygen atoms in total. The van der Waals surface area contributed by atoms with Gasteiger partial charge >= 0.3 is 5.97 Å². The molecule has 3 aromatic carbocycles. The Morgan fingerprint density at radius 1 is 1.00 bits per heavy atom. The molecule has 3 aromatic rings. The van der Waals surface area contributed by atoms with E-state index in [1.54, 1.807) is 48.5 Å². The van der Waals surface area contributed by atoms with Crippen LogP contribution in [0.15, 0.2) is 82.4 Å². The zero-order chi connectivity index (χ0) is 21.5. The molecule has 0 spiro atoms. The van der Waals surface area contributed by atoms with Crippen LogP contribution in [0.1, 0.15) is 26.3 Å². The summed E-state index contributed by atoms with van der Waals surface area (Å²) >= 11 is 3.30. The van der Waals surface area contributed by atoms with Crippen LogP contribution in [0, 0.1) is 10.1 Å². The lowest BCUT2D eigenvalue weighted by Crippen LogP contribution is -2.18. The molecule has 30 heavy (non-hydrogen) atoms. The second-order valence-electron chi connectivity index (χ2n) is 5.94. The highest BCUT2D eigenvalue weighted by molar-refractivity contribution is 9.10.